The smallest absolute Gasteiger partial charge is 0.292 e. The summed E-state index contributed by atoms with van der Waals surface area (Å²) in [6.45, 7) is 1.69. The molecule has 1 amide bonds. The Morgan fingerprint density at radius 1 is 1.68 bits per heavy atom. The van der Waals surface area contributed by atoms with Gasteiger partial charge in [-0.2, -0.15) is 5.10 Å². The third kappa shape index (κ3) is 3.48. The Morgan fingerprint density at radius 2 is 2.32 bits per heavy atom. The monoisotopic (exact) mass is 282 g/mol. The fraction of sp³-hybridized carbons (Fsp3) is 0.417. The number of nitrogens with one attached hydrogen (secondary N) is 1. The van der Waals surface area contributed by atoms with Crippen molar-refractivity contribution in [1.29, 1.82) is 0 Å². The van der Waals surface area contributed by atoms with E-state index in [1.54, 1.807) is 21.0 Å². The van der Waals surface area contributed by atoms with Crippen molar-refractivity contribution in [3.63, 3.8) is 0 Å². The lowest BCUT2D eigenvalue weighted by atomic mass is 10.3. The minimum absolute atomic E-state index is 0.0424. The van der Waals surface area contributed by atoms with Gasteiger partial charge in [-0.05, 0) is 6.92 Å². The molecule has 0 saturated carbocycles. The Balaban J connectivity index is 3.08. The molecule has 0 aliphatic rings. The molecule has 1 aromatic heterocycles. The predicted octanol–water partition coefficient (Wildman–Crippen LogP) is 0.418. The van der Waals surface area contributed by atoms with Crippen LogP contribution in [0.2, 0.25) is 5.02 Å². The predicted molar refractivity (Wildman–Crippen MR) is 74.1 cm³/mol. The van der Waals surface area contributed by atoms with Crippen molar-refractivity contribution in [3.8, 4) is 12.3 Å². The lowest BCUT2D eigenvalue weighted by Crippen LogP contribution is -2.39. The molecule has 0 saturated heterocycles. The van der Waals surface area contributed by atoms with Gasteiger partial charge in [0, 0.05) is 14.1 Å². The Kier molecular flexibility index (Phi) is 4.95. The number of hydrogen-bond acceptors (Lipinski definition) is 4. The highest BCUT2D eigenvalue weighted by molar-refractivity contribution is 6.33. The highest BCUT2D eigenvalue weighted by Crippen LogP contribution is 2.16. The number of halogens is 1. The van der Waals surface area contributed by atoms with E-state index in [2.05, 4.69) is 16.3 Å². The number of terminal acetylenes is 1. The molecule has 0 radical (unpaired) electrons. The van der Waals surface area contributed by atoms with Crippen molar-refractivity contribution in [3.05, 3.63) is 21.6 Å². The molecular weight excluding hydrogens is 268 g/mol. The first-order chi connectivity index (χ1) is 8.88. The van der Waals surface area contributed by atoms with Crippen LogP contribution in [0.3, 0.4) is 0 Å². The van der Waals surface area contributed by atoms with E-state index >= 15 is 0 Å². The summed E-state index contributed by atoms with van der Waals surface area (Å²) in [4.78, 5) is 25.2. The van der Waals surface area contributed by atoms with Crippen molar-refractivity contribution >= 4 is 23.2 Å². The maximum Gasteiger partial charge on any atom is 0.292 e. The summed E-state index contributed by atoms with van der Waals surface area (Å²) in [6.07, 6.45) is 6.46. The van der Waals surface area contributed by atoms with Gasteiger partial charge in [0.05, 0.1) is 11.2 Å². The van der Waals surface area contributed by atoms with Crippen molar-refractivity contribution in [1.82, 2.24) is 14.7 Å². The third-order valence-corrected chi connectivity index (χ3v) is 2.70. The minimum Gasteiger partial charge on any atom is -0.368 e. The Hall–Kier alpha value is -2.00. The third-order valence-electron chi connectivity index (χ3n) is 2.41. The Morgan fingerprint density at radius 3 is 2.84 bits per heavy atom. The number of carbonyl (C=O) groups excluding carboxylic acids is 1. The van der Waals surface area contributed by atoms with E-state index in [0.717, 1.165) is 4.68 Å². The van der Waals surface area contributed by atoms with Crippen LogP contribution in [-0.4, -0.2) is 40.7 Å². The highest BCUT2D eigenvalue weighted by Gasteiger charge is 2.18. The van der Waals surface area contributed by atoms with Crippen LogP contribution in [0.5, 0.6) is 0 Å². The number of aromatic nitrogens is 2. The van der Waals surface area contributed by atoms with Crippen molar-refractivity contribution in [2.75, 3.05) is 19.4 Å². The molecule has 0 bridgehead atoms. The summed E-state index contributed by atoms with van der Waals surface area (Å²) in [5, 5.41) is 6.75. The van der Waals surface area contributed by atoms with E-state index in [0.29, 0.717) is 0 Å². The fourth-order valence-electron chi connectivity index (χ4n) is 1.46. The van der Waals surface area contributed by atoms with Crippen LogP contribution >= 0.6 is 11.6 Å². The molecule has 0 aromatic carbocycles. The standard InChI is InChI=1S/C12H15ClN4O2/c1-5-6-17-12(19)10(9(13)7-14-17)15-8(2)11(18)16(3)4/h1,7-8,15H,6H2,2-4H3. The first-order valence-electron chi connectivity index (χ1n) is 5.55. The molecule has 1 atom stereocenters. The average Bonchev–Trinajstić information content (AvgIpc) is 2.36. The maximum atomic E-state index is 12.0. The second-order valence-electron chi connectivity index (χ2n) is 4.13. The van der Waals surface area contributed by atoms with Crippen LogP contribution in [-0.2, 0) is 11.3 Å². The summed E-state index contributed by atoms with van der Waals surface area (Å²) in [7, 11) is 3.26. The molecule has 1 aromatic rings. The summed E-state index contributed by atoms with van der Waals surface area (Å²) >= 11 is 5.92. The van der Waals surface area contributed by atoms with E-state index < -0.39 is 11.6 Å². The van der Waals surface area contributed by atoms with Gasteiger partial charge in [-0.1, -0.05) is 17.5 Å². The second kappa shape index (κ2) is 6.25. The first kappa shape index (κ1) is 15.1. The molecule has 0 spiro atoms. The van der Waals surface area contributed by atoms with Gasteiger partial charge in [0.25, 0.3) is 5.56 Å². The van der Waals surface area contributed by atoms with E-state index in [1.165, 1.54) is 11.1 Å². The zero-order valence-corrected chi connectivity index (χ0v) is 11.7. The summed E-state index contributed by atoms with van der Waals surface area (Å²) < 4.78 is 1.10. The SMILES string of the molecule is C#CCn1ncc(Cl)c(NC(C)C(=O)N(C)C)c1=O. The lowest BCUT2D eigenvalue weighted by Gasteiger charge is -2.19. The maximum absolute atomic E-state index is 12.0. The number of anilines is 1. The molecule has 1 N–H and O–H groups in total. The van der Waals surface area contributed by atoms with E-state index in [4.69, 9.17) is 18.0 Å². The number of carbonyl (C=O) groups is 1. The van der Waals surface area contributed by atoms with Crippen LogP contribution in [0.4, 0.5) is 5.69 Å². The number of hydrogen-bond donors (Lipinski definition) is 1. The first-order valence-corrected chi connectivity index (χ1v) is 5.93. The van der Waals surface area contributed by atoms with Gasteiger partial charge < -0.3 is 10.2 Å². The molecular formula is C12H15ClN4O2. The molecule has 1 rings (SSSR count). The summed E-state index contributed by atoms with van der Waals surface area (Å²) in [5.74, 6) is 2.15. The van der Waals surface area contributed by atoms with Gasteiger partial charge in [0.2, 0.25) is 5.91 Å². The summed E-state index contributed by atoms with van der Waals surface area (Å²) in [6, 6.07) is -0.582. The van der Waals surface area contributed by atoms with Crippen LogP contribution in [0.1, 0.15) is 6.92 Å². The topological polar surface area (TPSA) is 67.2 Å². The van der Waals surface area contributed by atoms with E-state index in [-0.39, 0.29) is 23.2 Å². The van der Waals surface area contributed by atoms with Crippen LogP contribution in [0.15, 0.2) is 11.0 Å². The van der Waals surface area contributed by atoms with Crippen LogP contribution in [0, 0.1) is 12.3 Å². The van der Waals surface area contributed by atoms with E-state index in [9.17, 15) is 9.59 Å². The van der Waals surface area contributed by atoms with Gasteiger partial charge >= 0.3 is 0 Å². The lowest BCUT2D eigenvalue weighted by molar-refractivity contribution is -0.129. The van der Waals surface area contributed by atoms with Crippen LogP contribution in [0.25, 0.3) is 0 Å². The van der Waals surface area contributed by atoms with Gasteiger partial charge in [-0.25, -0.2) is 4.68 Å². The van der Waals surface area contributed by atoms with Gasteiger partial charge in [0.15, 0.2) is 0 Å². The summed E-state index contributed by atoms with van der Waals surface area (Å²) in [5.41, 5.74) is -0.335. The molecule has 0 fully saturated rings. The minimum atomic E-state index is -0.582. The molecule has 19 heavy (non-hydrogen) atoms. The molecule has 1 heterocycles. The van der Waals surface area contributed by atoms with Gasteiger partial charge in [0.1, 0.15) is 18.3 Å². The van der Waals surface area contributed by atoms with Crippen molar-refractivity contribution < 1.29 is 4.79 Å². The largest absolute Gasteiger partial charge is 0.368 e. The number of amides is 1. The molecule has 7 heteroatoms. The quantitative estimate of drug-likeness (QED) is 0.813. The van der Waals surface area contributed by atoms with Gasteiger partial charge in [-0.3, -0.25) is 9.59 Å². The zero-order valence-electron chi connectivity index (χ0n) is 11.0. The fourth-order valence-corrected chi connectivity index (χ4v) is 1.64. The van der Waals surface area contributed by atoms with Crippen molar-refractivity contribution in [2.24, 2.45) is 0 Å². The van der Waals surface area contributed by atoms with Crippen LogP contribution < -0.4 is 10.9 Å². The van der Waals surface area contributed by atoms with Crippen molar-refractivity contribution in [2.45, 2.75) is 19.5 Å². The molecule has 0 aliphatic heterocycles. The number of nitrogens with zero attached hydrogens (tertiary/aromatic N) is 3. The number of likely N-dealkylation sites (N-methyl/N-ethyl adjacent to an activating group) is 1. The second-order valence-corrected chi connectivity index (χ2v) is 4.54. The molecule has 1 unspecified atom stereocenters. The Bertz CT molecular complexity index is 574. The van der Waals surface area contributed by atoms with E-state index in [1.807, 2.05) is 0 Å². The van der Waals surface area contributed by atoms with Gasteiger partial charge in [-0.15, -0.1) is 6.42 Å². The molecule has 6 nitrogen and oxygen atoms in total. The normalized spacial score (nSPS) is 11.5. The molecule has 102 valence electrons. The zero-order chi connectivity index (χ0) is 14.6. The highest BCUT2D eigenvalue weighted by atomic mass is 35.5. The molecule has 0 aliphatic carbocycles. The Labute approximate surface area is 116 Å². The number of rotatable bonds is 4. The average molecular weight is 283 g/mol.